The van der Waals surface area contributed by atoms with Crippen LogP contribution in [0.5, 0.6) is 0 Å². The third-order valence-corrected chi connectivity index (χ3v) is 3.98. The molecule has 0 saturated heterocycles. The maximum Gasteiger partial charge on any atom is 0.412 e. The molecule has 1 amide bonds. The van der Waals surface area contributed by atoms with Crippen molar-refractivity contribution in [2.24, 2.45) is 5.10 Å². The molecule has 0 aliphatic heterocycles. The number of carbonyl (C=O) groups is 1. The van der Waals surface area contributed by atoms with Gasteiger partial charge in [0.15, 0.2) is 0 Å². The highest BCUT2D eigenvalue weighted by Crippen LogP contribution is 2.26. The minimum Gasteiger partial charge on any atom is -0.450 e. The van der Waals surface area contributed by atoms with E-state index in [0.29, 0.717) is 27.7 Å². The van der Waals surface area contributed by atoms with E-state index in [1.165, 1.54) is 12.1 Å². The van der Waals surface area contributed by atoms with Crippen molar-refractivity contribution in [3.63, 3.8) is 0 Å². The Hall–Kier alpha value is -3.01. The van der Waals surface area contributed by atoms with E-state index < -0.39 is 11.0 Å². The number of nitro benzene ring substituents is 1. The number of hydrogen-bond acceptors (Lipinski definition) is 8. The van der Waals surface area contributed by atoms with Gasteiger partial charge in [-0.05, 0) is 38.4 Å². The van der Waals surface area contributed by atoms with Crippen LogP contribution in [0.25, 0.3) is 0 Å². The van der Waals surface area contributed by atoms with Gasteiger partial charge in [0, 0.05) is 12.1 Å². The van der Waals surface area contributed by atoms with Gasteiger partial charge in [0.25, 0.3) is 5.69 Å². The van der Waals surface area contributed by atoms with Crippen molar-refractivity contribution >= 4 is 39.7 Å². The molecule has 2 rings (SSSR count). The number of nitrogens with one attached hydrogen (secondary N) is 2. The van der Waals surface area contributed by atoms with E-state index in [4.69, 9.17) is 4.74 Å². The normalized spacial score (nSPS) is 11.1. The predicted octanol–water partition coefficient (Wildman–Crippen LogP) is 3.76. The summed E-state index contributed by atoms with van der Waals surface area (Å²) < 4.78 is 9.08. The topological polar surface area (TPSA) is 119 Å². The summed E-state index contributed by atoms with van der Waals surface area (Å²) in [5.74, 6) is 0. The van der Waals surface area contributed by atoms with Crippen LogP contribution in [0.2, 0.25) is 0 Å². The van der Waals surface area contributed by atoms with Gasteiger partial charge in [-0.2, -0.15) is 9.47 Å². The Morgan fingerprint density at radius 2 is 2.24 bits per heavy atom. The molecule has 1 aromatic heterocycles. The standard InChI is InChI=1S/C15H17N5O4S/c1-4-24-15(21)16-14-13(10(3)19-25-14)9(2)17-18-11-6-5-7-12(8-11)20(22)23/h5-8,18H,4H2,1-3H3,(H,16,21)/b17-9+. The fourth-order valence-electron chi connectivity index (χ4n) is 2.03. The number of hydrogen-bond donors (Lipinski definition) is 2. The van der Waals surface area contributed by atoms with Gasteiger partial charge in [-0.3, -0.25) is 20.9 Å². The highest BCUT2D eigenvalue weighted by Gasteiger charge is 2.16. The monoisotopic (exact) mass is 363 g/mol. The molecule has 0 spiro atoms. The van der Waals surface area contributed by atoms with E-state index >= 15 is 0 Å². The Balaban J connectivity index is 2.19. The quantitative estimate of drug-likeness (QED) is 0.458. The molecule has 0 fully saturated rings. The number of ether oxygens (including phenoxy) is 1. The number of anilines is 2. The molecule has 1 heterocycles. The predicted molar refractivity (Wildman–Crippen MR) is 96.4 cm³/mol. The first-order valence-electron chi connectivity index (χ1n) is 7.37. The Morgan fingerprint density at radius 3 is 2.92 bits per heavy atom. The molecule has 9 nitrogen and oxygen atoms in total. The van der Waals surface area contributed by atoms with Gasteiger partial charge >= 0.3 is 6.09 Å². The van der Waals surface area contributed by atoms with Crippen LogP contribution >= 0.6 is 11.5 Å². The Labute approximate surface area is 148 Å². The van der Waals surface area contributed by atoms with Gasteiger partial charge in [0.1, 0.15) is 5.00 Å². The molecule has 132 valence electrons. The molecule has 2 aromatic rings. The summed E-state index contributed by atoms with van der Waals surface area (Å²) in [6, 6.07) is 6.01. The van der Waals surface area contributed by atoms with Gasteiger partial charge in [-0.25, -0.2) is 4.79 Å². The summed E-state index contributed by atoms with van der Waals surface area (Å²) in [5.41, 5.74) is 5.18. The lowest BCUT2D eigenvalue weighted by Gasteiger charge is -2.07. The van der Waals surface area contributed by atoms with Crippen LogP contribution in [0.4, 0.5) is 21.2 Å². The van der Waals surface area contributed by atoms with Crippen molar-refractivity contribution in [2.75, 3.05) is 17.3 Å². The summed E-state index contributed by atoms with van der Waals surface area (Å²) in [6.07, 6.45) is -0.563. The van der Waals surface area contributed by atoms with Crippen molar-refractivity contribution in [3.05, 3.63) is 45.6 Å². The summed E-state index contributed by atoms with van der Waals surface area (Å²) in [6.45, 7) is 5.53. The first-order chi connectivity index (χ1) is 11.9. The molecule has 25 heavy (non-hydrogen) atoms. The highest BCUT2D eigenvalue weighted by molar-refractivity contribution is 7.11. The summed E-state index contributed by atoms with van der Waals surface area (Å²) in [5, 5.41) is 18.2. The minimum atomic E-state index is -0.563. The number of rotatable bonds is 6. The molecule has 0 aliphatic carbocycles. The number of aromatic nitrogens is 1. The first-order valence-corrected chi connectivity index (χ1v) is 8.15. The minimum absolute atomic E-state index is 0.0316. The van der Waals surface area contributed by atoms with Gasteiger partial charge in [0.05, 0.1) is 34.2 Å². The molecule has 2 N–H and O–H groups in total. The van der Waals surface area contributed by atoms with Crippen LogP contribution in [0.15, 0.2) is 29.4 Å². The number of non-ortho nitro benzene ring substituents is 1. The Bertz CT molecular complexity index is 818. The van der Waals surface area contributed by atoms with E-state index in [-0.39, 0.29) is 12.3 Å². The molecule has 1 aromatic carbocycles. The molecule has 0 bridgehead atoms. The number of nitrogens with zero attached hydrogens (tertiary/aromatic N) is 3. The maximum absolute atomic E-state index is 11.6. The third-order valence-electron chi connectivity index (χ3n) is 3.13. The summed E-state index contributed by atoms with van der Waals surface area (Å²) >= 11 is 1.13. The van der Waals surface area contributed by atoms with Gasteiger partial charge < -0.3 is 4.74 Å². The number of benzene rings is 1. The molecule has 0 radical (unpaired) electrons. The molecule has 0 saturated carbocycles. The van der Waals surface area contributed by atoms with E-state index in [1.807, 2.05) is 0 Å². The highest BCUT2D eigenvalue weighted by atomic mass is 32.1. The lowest BCUT2D eigenvalue weighted by atomic mass is 10.2. The molecular formula is C15H17N5O4S. The van der Waals surface area contributed by atoms with E-state index in [2.05, 4.69) is 20.2 Å². The smallest absolute Gasteiger partial charge is 0.412 e. The van der Waals surface area contributed by atoms with Crippen molar-refractivity contribution in [3.8, 4) is 0 Å². The lowest BCUT2D eigenvalue weighted by Crippen LogP contribution is -2.14. The van der Waals surface area contributed by atoms with Gasteiger partial charge in [-0.15, -0.1) is 0 Å². The Morgan fingerprint density at radius 1 is 1.48 bits per heavy atom. The van der Waals surface area contributed by atoms with E-state index in [9.17, 15) is 14.9 Å². The summed E-state index contributed by atoms with van der Waals surface area (Å²) in [7, 11) is 0. The van der Waals surface area contributed by atoms with Crippen molar-refractivity contribution in [2.45, 2.75) is 20.8 Å². The second-order valence-corrected chi connectivity index (χ2v) is 5.71. The summed E-state index contributed by atoms with van der Waals surface area (Å²) in [4.78, 5) is 21.9. The van der Waals surface area contributed by atoms with Crippen molar-refractivity contribution in [1.29, 1.82) is 0 Å². The van der Waals surface area contributed by atoms with Crippen molar-refractivity contribution in [1.82, 2.24) is 4.37 Å². The largest absolute Gasteiger partial charge is 0.450 e. The fraction of sp³-hybridized carbons (Fsp3) is 0.267. The average molecular weight is 363 g/mol. The molecule has 0 atom stereocenters. The molecule has 0 aliphatic rings. The SMILES string of the molecule is CCOC(=O)Nc1snc(C)c1/C(C)=N/Nc1cccc([N+](=O)[O-])c1. The zero-order chi connectivity index (χ0) is 18.4. The van der Waals surface area contributed by atoms with Gasteiger partial charge in [0.2, 0.25) is 0 Å². The van der Waals surface area contributed by atoms with E-state index in [1.54, 1.807) is 32.9 Å². The zero-order valence-corrected chi connectivity index (χ0v) is 14.7. The second kappa shape index (κ2) is 8.20. The van der Waals surface area contributed by atoms with Crippen LogP contribution < -0.4 is 10.7 Å². The lowest BCUT2D eigenvalue weighted by molar-refractivity contribution is -0.384. The second-order valence-electron chi connectivity index (χ2n) is 4.93. The number of nitro groups is 1. The van der Waals surface area contributed by atoms with Crippen LogP contribution in [0.3, 0.4) is 0 Å². The molecule has 0 unspecified atom stereocenters. The number of carbonyl (C=O) groups excluding carboxylic acids is 1. The molecular weight excluding hydrogens is 346 g/mol. The first kappa shape index (κ1) is 18.3. The van der Waals surface area contributed by atoms with E-state index in [0.717, 1.165) is 11.5 Å². The third kappa shape index (κ3) is 4.73. The number of amides is 1. The fourth-order valence-corrected chi connectivity index (χ4v) is 2.87. The van der Waals surface area contributed by atoms with Gasteiger partial charge in [-0.1, -0.05) is 6.07 Å². The maximum atomic E-state index is 11.6. The number of hydrazone groups is 1. The van der Waals surface area contributed by atoms with Crippen molar-refractivity contribution < 1.29 is 14.5 Å². The van der Waals surface area contributed by atoms with Crippen LogP contribution in [0.1, 0.15) is 25.1 Å². The average Bonchev–Trinajstić information content (AvgIpc) is 2.93. The van der Waals surface area contributed by atoms with Crippen LogP contribution in [-0.2, 0) is 4.74 Å². The number of aryl methyl sites for hydroxylation is 1. The van der Waals surface area contributed by atoms with Crippen LogP contribution in [-0.4, -0.2) is 27.7 Å². The molecule has 10 heteroatoms. The Kier molecular flexibility index (Phi) is 6.01. The van der Waals surface area contributed by atoms with Crippen LogP contribution in [0, 0.1) is 17.0 Å². The zero-order valence-electron chi connectivity index (χ0n) is 13.9.